The van der Waals surface area contributed by atoms with Gasteiger partial charge in [0.1, 0.15) is 0 Å². The van der Waals surface area contributed by atoms with Gasteiger partial charge in [0.2, 0.25) is 0 Å². The van der Waals surface area contributed by atoms with Gasteiger partial charge < -0.3 is 5.32 Å². The molecule has 0 radical (unpaired) electrons. The van der Waals surface area contributed by atoms with Crippen molar-refractivity contribution >= 4 is 17.7 Å². The van der Waals surface area contributed by atoms with Gasteiger partial charge in [0.25, 0.3) is 5.91 Å². The Kier molecular flexibility index (Phi) is 7.09. The molecule has 3 rings (SSSR count). The smallest absolute Gasteiger partial charge is 0.253 e. The van der Waals surface area contributed by atoms with E-state index in [2.05, 4.69) is 33.4 Å². The third-order valence-electron chi connectivity index (χ3n) is 4.86. The van der Waals surface area contributed by atoms with Gasteiger partial charge in [-0.15, -0.1) is 11.8 Å². The van der Waals surface area contributed by atoms with E-state index >= 15 is 0 Å². The van der Waals surface area contributed by atoms with E-state index in [1.165, 1.54) is 49.9 Å². The SMILES string of the molecule is CSc1ccc(C(=O)NCc2ccccc2CN2CCCCCC2)cn1. The number of rotatable bonds is 6. The van der Waals surface area contributed by atoms with Gasteiger partial charge in [-0.3, -0.25) is 9.69 Å². The third-order valence-corrected chi connectivity index (χ3v) is 5.52. The Labute approximate surface area is 160 Å². The number of hydrogen-bond acceptors (Lipinski definition) is 4. The molecular formula is C21H27N3OS. The molecule has 0 atom stereocenters. The number of pyridine rings is 1. The first kappa shape index (κ1) is 18.9. The van der Waals surface area contributed by atoms with E-state index in [1.54, 1.807) is 18.0 Å². The molecule has 1 aromatic carbocycles. The first-order valence-electron chi connectivity index (χ1n) is 9.33. The zero-order valence-corrected chi connectivity index (χ0v) is 16.2. The Morgan fingerprint density at radius 1 is 1.08 bits per heavy atom. The van der Waals surface area contributed by atoms with Crippen LogP contribution in [0, 0.1) is 0 Å². The van der Waals surface area contributed by atoms with Crippen molar-refractivity contribution in [1.29, 1.82) is 0 Å². The lowest BCUT2D eigenvalue weighted by atomic mass is 10.1. The van der Waals surface area contributed by atoms with Crippen LogP contribution in [-0.4, -0.2) is 35.1 Å². The maximum absolute atomic E-state index is 12.4. The van der Waals surface area contributed by atoms with Crippen molar-refractivity contribution in [2.75, 3.05) is 19.3 Å². The number of carbonyl (C=O) groups is 1. The van der Waals surface area contributed by atoms with Gasteiger partial charge in [-0.1, -0.05) is 37.1 Å². The summed E-state index contributed by atoms with van der Waals surface area (Å²) in [6.45, 7) is 3.87. The number of nitrogens with one attached hydrogen (secondary N) is 1. The first-order chi connectivity index (χ1) is 12.8. The minimum atomic E-state index is -0.0743. The van der Waals surface area contributed by atoms with Gasteiger partial charge in [-0.25, -0.2) is 4.98 Å². The predicted molar refractivity (Wildman–Crippen MR) is 107 cm³/mol. The number of nitrogens with zero attached hydrogens (tertiary/aromatic N) is 2. The monoisotopic (exact) mass is 369 g/mol. The van der Waals surface area contributed by atoms with E-state index in [9.17, 15) is 4.79 Å². The summed E-state index contributed by atoms with van der Waals surface area (Å²) >= 11 is 1.57. The van der Waals surface area contributed by atoms with Crippen LogP contribution < -0.4 is 5.32 Å². The van der Waals surface area contributed by atoms with Crippen LogP contribution in [-0.2, 0) is 13.1 Å². The van der Waals surface area contributed by atoms with Crippen molar-refractivity contribution in [1.82, 2.24) is 15.2 Å². The van der Waals surface area contributed by atoms with Crippen molar-refractivity contribution in [2.24, 2.45) is 0 Å². The third kappa shape index (κ3) is 5.32. The molecule has 0 saturated carbocycles. The maximum atomic E-state index is 12.4. The molecule has 1 aliphatic rings. The molecule has 26 heavy (non-hydrogen) atoms. The Bertz CT molecular complexity index is 709. The van der Waals surface area contributed by atoms with Gasteiger partial charge >= 0.3 is 0 Å². The summed E-state index contributed by atoms with van der Waals surface area (Å²) in [5.41, 5.74) is 3.11. The van der Waals surface area contributed by atoms with E-state index in [1.807, 2.05) is 24.5 Å². The number of hydrogen-bond donors (Lipinski definition) is 1. The highest BCUT2D eigenvalue weighted by Gasteiger charge is 2.12. The second-order valence-electron chi connectivity index (χ2n) is 6.73. The lowest BCUT2D eigenvalue weighted by molar-refractivity contribution is 0.0950. The lowest BCUT2D eigenvalue weighted by Gasteiger charge is -2.21. The second kappa shape index (κ2) is 9.74. The molecule has 1 N–H and O–H groups in total. The largest absolute Gasteiger partial charge is 0.348 e. The summed E-state index contributed by atoms with van der Waals surface area (Å²) in [6.07, 6.45) is 8.89. The number of benzene rings is 1. The summed E-state index contributed by atoms with van der Waals surface area (Å²) in [5, 5.41) is 3.96. The predicted octanol–water partition coefficient (Wildman–Crippen LogP) is 4.11. The molecule has 0 bridgehead atoms. The summed E-state index contributed by atoms with van der Waals surface area (Å²) in [5.74, 6) is -0.0743. The number of aromatic nitrogens is 1. The number of amides is 1. The second-order valence-corrected chi connectivity index (χ2v) is 7.56. The molecule has 138 valence electrons. The summed E-state index contributed by atoms with van der Waals surface area (Å²) in [4.78, 5) is 19.2. The molecule has 0 spiro atoms. The van der Waals surface area contributed by atoms with Crippen LogP contribution in [0.15, 0.2) is 47.6 Å². The van der Waals surface area contributed by atoms with Crippen molar-refractivity contribution in [2.45, 2.75) is 43.8 Å². The van der Waals surface area contributed by atoms with Gasteiger partial charge in [-0.05, 0) is 55.4 Å². The molecule has 4 nitrogen and oxygen atoms in total. The minimum absolute atomic E-state index is 0.0743. The average molecular weight is 370 g/mol. The summed E-state index contributed by atoms with van der Waals surface area (Å²) < 4.78 is 0. The van der Waals surface area contributed by atoms with Gasteiger partial charge in [-0.2, -0.15) is 0 Å². The summed E-state index contributed by atoms with van der Waals surface area (Å²) in [6, 6.07) is 12.1. The topological polar surface area (TPSA) is 45.2 Å². The van der Waals surface area contributed by atoms with Crippen LogP contribution in [0.5, 0.6) is 0 Å². The van der Waals surface area contributed by atoms with Crippen molar-refractivity contribution in [3.05, 3.63) is 59.3 Å². The standard InChI is InChI=1S/C21H27N3OS/c1-26-20-11-10-18(15-22-20)21(25)23-14-17-8-4-5-9-19(17)16-24-12-6-2-3-7-13-24/h4-5,8-11,15H,2-3,6-7,12-14,16H2,1H3,(H,23,25). The Morgan fingerprint density at radius 2 is 1.81 bits per heavy atom. The Hall–Kier alpha value is -1.85. The van der Waals surface area contributed by atoms with Crippen molar-refractivity contribution in [3.8, 4) is 0 Å². The highest BCUT2D eigenvalue weighted by atomic mass is 32.2. The highest BCUT2D eigenvalue weighted by molar-refractivity contribution is 7.98. The number of carbonyl (C=O) groups excluding carboxylic acids is 1. The molecular weight excluding hydrogens is 342 g/mol. The fourth-order valence-corrected chi connectivity index (χ4v) is 3.69. The zero-order chi connectivity index (χ0) is 18.2. The average Bonchev–Trinajstić information content (AvgIpc) is 2.96. The summed E-state index contributed by atoms with van der Waals surface area (Å²) in [7, 11) is 0. The van der Waals surface area contributed by atoms with E-state index in [0.29, 0.717) is 12.1 Å². The molecule has 1 fully saturated rings. The molecule has 2 aromatic rings. The van der Waals surface area contributed by atoms with E-state index < -0.39 is 0 Å². The molecule has 0 aliphatic carbocycles. The van der Waals surface area contributed by atoms with Crippen LogP contribution in [0.2, 0.25) is 0 Å². The van der Waals surface area contributed by atoms with Crippen LogP contribution in [0.25, 0.3) is 0 Å². The van der Waals surface area contributed by atoms with Crippen LogP contribution in [0.3, 0.4) is 0 Å². The van der Waals surface area contributed by atoms with Crippen LogP contribution in [0.4, 0.5) is 0 Å². The Morgan fingerprint density at radius 3 is 2.46 bits per heavy atom. The molecule has 1 amide bonds. The molecule has 5 heteroatoms. The van der Waals surface area contributed by atoms with E-state index in [0.717, 1.165) is 11.6 Å². The molecule has 2 heterocycles. The normalized spacial score (nSPS) is 15.4. The van der Waals surface area contributed by atoms with Crippen molar-refractivity contribution < 1.29 is 4.79 Å². The van der Waals surface area contributed by atoms with E-state index in [-0.39, 0.29) is 5.91 Å². The molecule has 1 aromatic heterocycles. The number of likely N-dealkylation sites (tertiary alicyclic amines) is 1. The quantitative estimate of drug-likeness (QED) is 0.779. The zero-order valence-electron chi connectivity index (χ0n) is 15.4. The Balaban J connectivity index is 1.61. The highest BCUT2D eigenvalue weighted by Crippen LogP contribution is 2.16. The lowest BCUT2D eigenvalue weighted by Crippen LogP contribution is -2.27. The van der Waals surface area contributed by atoms with Crippen LogP contribution in [0.1, 0.15) is 47.2 Å². The molecule has 1 aliphatic heterocycles. The maximum Gasteiger partial charge on any atom is 0.253 e. The van der Waals surface area contributed by atoms with Crippen molar-refractivity contribution in [3.63, 3.8) is 0 Å². The molecule has 1 saturated heterocycles. The fourth-order valence-electron chi connectivity index (χ4n) is 3.33. The molecule has 0 unspecified atom stereocenters. The van der Waals surface area contributed by atoms with Gasteiger partial charge in [0.05, 0.1) is 10.6 Å². The van der Waals surface area contributed by atoms with Crippen LogP contribution >= 0.6 is 11.8 Å². The van der Waals surface area contributed by atoms with E-state index in [4.69, 9.17) is 0 Å². The van der Waals surface area contributed by atoms with Gasteiger partial charge in [0.15, 0.2) is 0 Å². The first-order valence-corrected chi connectivity index (χ1v) is 10.6. The minimum Gasteiger partial charge on any atom is -0.348 e. The number of thioether (sulfide) groups is 1. The fraction of sp³-hybridized carbons (Fsp3) is 0.429. The van der Waals surface area contributed by atoms with Gasteiger partial charge in [0, 0.05) is 19.3 Å².